The Balaban J connectivity index is 1.71. The molecule has 0 spiro atoms. The number of rotatable bonds is 6. The van der Waals surface area contributed by atoms with E-state index in [9.17, 15) is 18.0 Å². The van der Waals surface area contributed by atoms with Crippen molar-refractivity contribution in [3.8, 4) is 0 Å². The van der Waals surface area contributed by atoms with Crippen LogP contribution in [0.2, 0.25) is 0 Å². The standard InChI is InChI=1S/C20H23N3O4S2/c1-3-14-4-6-15(7-5-14)21-20(25)13-23(2)29(26,27)16-8-9-18-17(12-16)22-19(24)10-11-28-18/h4-9,12H,3,10-11,13H2,1-2H3,(H,21,25)(H,22,24). The van der Waals surface area contributed by atoms with Crippen molar-refractivity contribution < 1.29 is 18.0 Å². The number of hydrogen-bond donors (Lipinski definition) is 2. The molecule has 0 radical (unpaired) electrons. The molecule has 0 unspecified atom stereocenters. The van der Waals surface area contributed by atoms with Gasteiger partial charge in [0.05, 0.1) is 17.1 Å². The summed E-state index contributed by atoms with van der Waals surface area (Å²) in [5.74, 6) is 0.0658. The number of carbonyl (C=O) groups excluding carboxylic acids is 2. The van der Waals surface area contributed by atoms with Gasteiger partial charge in [0, 0.05) is 29.8 Å². The van der Waals surface area contributed by atoms with Gasteiger partial charge in [0.25, 0.3) is 0 Å². The third kappa shape index (κ3) is 5.17. The second kappa shape index (κ2) is 8.98. The van der Waals surface area contributed by atoms with Crippen LogP contribution in [0.1, 0.15) is 18.9 Å². The summed E-state index contributed by atoms with van der Waals surface area (Å²) in [7, 11) is -2.53. The average Bonchev–Trinajstić information content (AvgIpc) is 2.88. The van der Waals surface area contributed by atoms with Gasteiger partial charge in [-0.2, -0.15) is 4.31 Å². The number of carbonyl (C=O) groups is 2. The molecule has 0 saturated carbocycles. The normalized spacial score (nSPS) is 14.1. The molecule has 3 rings (SSSR count). The molecular weight excluding hydrogens is 410 g/mol. The van der Waals surface area contributed by atoms with E-state index in [1.165, 1.54) is 30.9 Å². The van der Waals surface area contributed by atoms with Gasteiger partial charge in [-0.3, -0.25) is 9.59 Å². The number of sulfonamides is 1. The Labute approximate surface area is 174 Å². The molecule has 0 aliphatic carbocycles. The highest BCUT2D eigenvalue weighted by molar-refractivity contribution is 7.99. The fourth-order valence-electron chi connectivity index (χ4n) is 2.85. The lowest BCUT2D eigenvalue weighted by molar-refractivity contribution is -0.116. The van der Waals surface area contributed by atoms with Crippen LogP contribution >= 0.6 is 11.8 Å². The first kappa shape index (κ1) is 21.4. The number of fused-ring (bicyclic) bond motifs is 1. The first-order valence-electron chi connectivity index (χ1n) is 9.21. The molecule has 2 aromatic rings. The van der Waals surface area contributed by atoms with Gasteiger partial charge >= 0.3 is 0 Å². The molecule has 1 heterocycles. The van der Waals surface area contributed by atoms with Gasteiger partial charge in [-0.05, 0) is 42.3 Å². The van der Waals surface area contributed by atoms with E-state index >= 15 is 0 Å². The summed E-state index contributed by atoms with van der Waals surface area (Å²) in [6.07, 6.45) is 1.27. The Hall–Kier alpha value is -2.36. The minimum atomic E-state index is -3.89. The molecule has 0 fully saturated rings. The van der Waals surface area contributed by atoms with Crippen molar-refractivity contribution in [3.05, 3.63) is 48.0 Å². The largest absolute Gasteiger partial charge is 0.325 e. The maximum atomic E-state index is 12.9. The van der Waals surface area contributed by atoms with Crippen LogP contribution < -0.4 is 10.6 Å². The van der Waals surface area contributed by atoms with E-state index < -0.39 is 15.9 Å². The van der Waals surface area contributed by atoms with Crippen LogP contribution in [0.3, 0.4) is 0 Å². The quantitative estimate of drug-likeness (QED) is 0.730. The minimum absolute atomic E-state index is 0.0293. The topological polar surface area (TPSA) is 95.6 Å². The average molecular weight is 434 g/mol. The van der Waals surface area contributed by atoms with Crippen molar-refractivity contribution >= 4 is 45.0 Å². The van der Waals surface area contributed by atoms with Crippen molar-refractivity contribution in [3.63, 3.8) is 0 Å². The van der Waals surface area contributed by atoms with Gasteiger partial charge in [0.1, 0.15) is 0 Å². The minimum Gasteiger partial charge on any atom is -0.325 e. The maximum absolute atomic E-state index is 12.9. The molecule has 0 saturated heterocycles. The molecule has 2 N–H and O–H groups in total. The van der Waals surface area contributed by atoms with Crippen LogP contribution in [0.15, 0.2) is 52.3 Å². The Morgan fingerprint density at radius 3 is 2.62 bits per heavy atom. The van der Waals surface area contributed by atoms with Crippen molar-refractivity contribution in [2.24, 2.45) is 0 Å². The lowest BCUT2D eigenvalue weighted by Crippen LogP contribution is -2.35. The number of hydrogen-bond acceptors (Lipinski definition) is 5. The second-order valence-electron chi connectivity index (χ2n) is 6.66. The Morgan fingerprint density at radius 1 is 1.21 bits per heavy atom. The monoisotopic (exact) mass is 433 g/mol. The second-order valence-corrected chi connectivity index (χ2v) is 9.85. The molecule has 7 nitrogen and oxygen atoms in total. The third-order valence-electron chi connectivity index (χ3n) is 4.53. The summed E-state index contributed by atoms with van der Waals surface area (Å²) in [5, 5.41) is 5.44. The molecule has 29 heavy (non-hydrogen) atoms. The molecule has 9 heteroatoms. The number of thioether (sulfide) groups is 1. The highest BCUT2D eigenvalue weighted by Crippen LogP contribution is 2.33. The summed E-state index contributed by atoms with van der Waals surface area (Å²) < 4.78 is 26.8. The van der Waals surface area contributed by atoms with Crippen LogP contribution in [-0.4, -0.2) is 43.9 Å². The zero-order valence-corrected chi connectivity index (χ0v) is 17.9. The van der Waals surface area contributed by atoms with Gasteiger partial charge in [-0.25, -0.2) is 8.42 Å². The highest BCUT2D eigenvalue weighted by atomic mass is 32.2. The molecular formula is C20H23N3O4S2. The number of likely N-dealkylation sites (N-methyl/N-ethyl adjacent to an activating group) is 1. The van der Waals surface area contributed by atoms with Crippen molar-refractivity contribution in [2.45, 2.75) is 29.6 Å². The molecule has 1 aliphatic heterocycles. The number of aryl methyl sites for hydroxylation is 1. The molecule has 0 aromatic heterocycles. The fraction of sp³-hybridized carbons (Fsp3) is 0.300. The Kier molecular flexibility index (Phi) is 6.61. The van der Waals surface area contributed by atoms with E-state index in [1.54, 1.807) is 18.2 Å². The van der Waals surface area contributed by atoms with Gasteiger partial charge in [0.2, 0.25) is 21.8 Å². The number of amides is 2. The summed E-state index contributed by atoms with van der Waals surface area (Å²) in [6, 6.07) is 12.0. The van der Waals surface area contributed by atoms with E-state index in [4.69, 9.17) is 0 Å². The van der Waals surface area contributed by atoms with Crippen LogP contribution in [0.25, 0.3) is 0 Å². The summed E-state index contributed by atoms with van der Waals surface area (Å²) in [6.45, 7) is 1.72. The van der Waals surface area contributed by atoms with Gasteiger partial charge in [-0.1, -0.05) is 19.1 Å². The summed E-state index contributed by atoms with van der Waals surface area (Å²) in [5.41, 5.74) is 2.24. The lowest BCUT2D eigenvalue weighted by Gasteiger charge is -2.18. The zero-order valence-electron chi connectivity index (χ0n) is 16.3. The van der Waals surface area contributed by atoms with Crippen molar-refractivity contribution in [1.29, 1.82) is 0 Å². The molecule has 0 atom stereocenters. The Morgan fingerprint density at radius 2 is 1.93 bits per heavy atom. The van der Waals surface area contributed by atoms with E-state index in [-0.39, 0.29) is 17.3 Å². The van der Waals surface area contributed by atoms with Gasteiger partial charge < -0.3 is 10.6 Å². The number of nitrogens with one attached hydrogen (secondary N) is 2. The molecule has 2 amide bonds. The summed E-state index contributed by atoms with van der Waals surface area (Å²) in [4.78, 5) is 24.9. The smallest absolute Gasteiger partial charge is 0.243 e. The predicted molar refractivity (Wildman–Crippen MR) is 115 cm³/mol. The number of nitrogens with zero attached hydrogens (tertiary/aromatic N) is 1. The van der Waals surface area contributed by atoms with Crippen LogP contribution in [-0.2, 0) is 26.0 Å². The summed E-state index contributed by atoms with van der Waals surface area (Å²) >= 11 is 1.50. The first-order valence-corrected chi connectivity index (χ1v) is 11.6. The number of anilines is 2. The predicted octanol–water partition coefficient (Wildman–Crippen LogP) is 2.94. The van der Waals surface area contributed by atoms with E-state index in [2.05, 4.69) is 10.6 Å². The Bertz CT molecular complexity index is 1020. The van der Waals surface area contributed by atoms with E-state index in [0.717, 1.165) is 21.2 Å². The van der Waals surface area contributed by atoms with E-state index in [1.807, 2.05) is 19.1 Å². The third-order valence-corrected chi connectivity index (χ3v) is 7.41. The highest BCUT2D eigenvalue weighted by Gasteiger charge is 2.25. The lowest BCUT2D eigenvalue weighted by atomic mass is 10.1. The maximum Gasteiger partial charge on any atom is 0.243 e. The molecule has 0 bridgehead atoms. The molecule has 2 aromatic carbocycles. The number of benzene rings is 2. The fourth-order valence-corrected chi connectivity index (χ4v) is 4.94. The van der Waals surface area contributed by atoms with Crippen LogP contribution in [0.5, 0.6) is 0 Å². The van der Waals surface area contributed by atoms with Crippen molar-refractivity contribution in [2.75, 3.05) is 30.0 Å². The van der Waals surface area contributed by atoms with Gasteiger partial charge in [0.15, 0.2) is 0 Å². The van der Waals surface area contributed by atoms with Crippen LogP contribution in [0.4, 0.5) is 11.4 Å². The van der Waals surface area contributed by atoms with E-state index in [0.29, 0.717) is 23.5 Å². The van der Waals surface area contributed by atoms with Crippen LogP contribution in [0, 0.1) is 0 Å². The zero-order chi connectivity index (χ0) is 21.0. The van der Waals surface area contributed by atoms with Crippen molar-refractivity contribution in [1.82, 2.24) is 4.31 Å². The SMILES string of the molecule is CCc1ccc(NC(=O)CN(C)S(=O)(=O)c2ccc3c(c2)NC(=O)CCS3)cc1. The first-order chi connectivity index (χ1) is 13.8. The van der Waals surface area contributed by atoms with Gasteiger partial charge in [-0.15, -0.1) is 11.8 Å². The molecule has 1 aliphatic rings. The molecule has 154 valence electrons.